The number of para-hydroxylation sites is 1. The first kappa shape index (κ1) is 20.9. The number of hydrogen-bond donors (Lipinski definition) is 2. The Morgan fingerprint density at radius 1 is 1.06 bits per heavy atom. The fraction of sp³-hybridized carbons (Fsp3) is 0.348. The SMILES string of the molecule is O=C(CCc1nc2ccccc2c(=O)[nH]1)NC1CCC(c2nnc(-c3ncccn3)o2)CC1. The quantitative estimate of drug-likeness (QED) is 0.461. The standard InChI is InChI=1S/C23H23N7O3/c31-19(11-10-18-27-17-5-2-1-4-16(17)21(32)28-18)26-15-8-6-14(7-9-15)22-29-30-23(33-22)20-24-12-3-13-25-20/h1-5,12-15H,6-11H2,(H,26,31)(H,27,28,32). The van der Waals surface area contributed by atoms with Crippen molar-refractivity contribution in [3.63, 3.8) is 0 Å². The highest BCUT2D eigenvalue weighted by Crippen LogP contribution is 2.33. The molecule has 0 aliphatic heterocycles. The van der Waals surface area contributed by atoms with Crippen LogP contribution in [0.25, 0.3) is 22.6 Å². The minimum atomic E-state index is -0.183. The highest BCUT2D eigenvalue weighted by atomic mass is 16.4. The lowest BCUT2D eigenvalue weighted by atomic mass is 9.86. The van der Waals surface area contributed by atoms with Crippen molar-refractivity contribution in [1.29, 1.82) is 0 Å². The van der Waals surface area contributed by atoms with Gasteiger partial charge in [0.2, 0.25) is 17.6 Å². The molecule has 3 heterocycles. The number of fused-ring (bicyclic) bond motifs is 1. The van der Waals surface area contributed by atoms with Gasteiger partial charge in [-0.3, -0.25) is 9.59 Å². The number of rotatable bonds is 6. The average molecular weight is 445 g/mol. The molecule has 1 aliphatic carbocycles. The Kier molecular flexibility index (Phi) is 5.88. The molecule has 0 unspecified atom stereocenters. The zero-order valence-electron chi connectivity index (χ0n) is 17.9. The number of carbonyl (C=O) groups is 1. The second-order valence-corrected chi connectivity index (χ2v) is 8.16. The molecule has 1 fully saturated rings. The molecule has 2 N–H and O–H groups in total. The Balaban J connectivity index is 1.11. The maximum atomic E-state index is 12.5. The van der Waals surface area contributed by atoms with E-state index < -0.39 is 0 Å². The van der Waals surface area contributed by atoms with Crippen molar-refractivity contribution < 1.29 is 9.21 Å². The fourth-order valence-electron chi connectivity index (χ4n) is 4.17. The molecule has 1 aliphatic rings. The molecule has 10 nitrogen and oxygen atoms in total. The van der Waals surface area contributed by atoms with Crippen LogP contribution in [-0.2, 0) is 11.2 Å². The van der Waals surface area contributed by atoms with Gasteiger partial charge in [0.05, 0.1) is 10.9 Å². The van der Waals surface area contributed by atoms with Crippen molar-refractivity contribution >= 4 is 16.8 Å². The summed E-state index contributed by atoms with van der Waals surface area (Å²) < 4.78 is 5.78. The van der Waals surface area contributed by atoms with Gasteiger partial charge in [-0.05, 0) is 43.9 Å². The first-order chi connectivity index (χ1) is 16.2. The smallest absolute Gasteiger partial charge is 0.285 e. The third-order valence-corrected chi connectivity index (χ3v) is 5.89. The normalized spacial score (nSPS) is 18.3. The number of H-pyrrole nitrogens is 1. The van der Waals surface area contributed by atoms with Gasteiger partial charge in [-0.25, -0.2) is 15.0 Å². The summed E-state index contributed by atoms with van der Waals surface area (Å²) in [5.74, 6) is 1.96. The van der Waals surface area contributed by atoms with Crippen LogP contribution in [0.1, 0.15) is 49.7 Å². The van der Waals surface area contributed by atoms with Crippen LogP contribution in [0.15, 0.2) is 51.9 Å². The molecule has 4 aromatic rings. The lowest BCUT2D eigenvalue weighted by molar-refractivity contribution is -0.122. The van der Waals surface area contributed by atoms with E-state index in [0.29, 0.717) is 40.8 Å². The Labute approximate surface area is 188 Å². The van der Waals surface area contributed by atoms with Crippen LogP contribution in [0.3, 0.4) is 0 Å². The van der Waals surface area contributed by atoms with Gasteiger partial charge in [-0.1, -0.05) is 12.1 Å². The molecule has 33 heavy (non-hydrogen) atoms. The third-order valence-electron chi connectivity index (χ3n) is 5.89. The van der Waals surface area contributed by atoms with Gasteiger partial charge in [0.1, 0.15) is 5.82 Å². The van der Waals surface area contributed by atoms with E-state index in [0.717, 1.165) is 25.7 Å². The van der Waals surface area contributed by atoms with Crippen molar-refractivity contribution in [1.82, 2.24) is 35.5 Å². The van der Waals surface area contributed by atoms with E-state index in [-0.39, 0.29) is 29.8 Å². The molecule has 0 atom stereocenters. The summed E-state index contributed by atoms with van der Waals surface area (Å²) in [6.45, 7) is 0. The second kappa shape index (κ2) is 9.27. The third kappa shape index (κ3) is 4.79. The van der Waals surface area contributed by atoms with Crippen molar-refractivity contribution in [2.75, 3.05) is 0 Å². The van der Waals surface area contributed by atoms with Crippen LogP contribution >= 0.6 is 0 Å². The molecule has 5 rings (SSSR count). The van der Waals surface area contributed by atoms with Crippen LogP contribution in [0.4, 0.5) is 0 Å². The van der Waals surface area contributed by atoms with Gasteiger partial charge in [0.25, 0.3) is 11.4 Å². The Morgan fingerprint density at radius 2 is 1.85 bits per heavy atom. The van der Waals surface area contributed by atoms with E-state index >= 15 is 0 Å². The maximum Gasteiger partial charge on any atom is 0.285 e. The predicted octanol–water partition coefficient (Wildman–Crippen LogP) is 2.54. The lowest BCUT2D eigenvalue weighted by Crippen LogP contribution is -2.37. The number of nitrogens with zero attached hydrogens (tertiary/aromatic N) is 5. The molecule has 168 valence electrons. The number of carbonyl (C=O) groups excluding carboxylic acids is 1. The number of aromatic nitrogens is 6. The van der Waals surface area contributed by atoms with E-state index in [9.17, 15) is 9.59 Å². The summed E-state index contributed by atoms with van der Waals surface area (Å²) in [5, 5.41) is 11.9. The molecule has 0 bridgehead atoms. The van der Waals surface area contributed by atoms with Gasteiger partial charge in [0, 0.05) is 37.2 Å². The molecule has 0 saturated heterocycles. The van der Waals surface area contributed by atoms with Crippen molar-refractivity contribution in [2.45, 2.75) is 50.5 Å². The van der Waals surface area contributed by atoms with E-state index in [1.807, 2.05) is 6.07 Å². The summed E-state index contributed by atoms with van der Waals surface area (Å²) in [5.41, 5.74) is 0.454. The Hall–Kier alpha value is -3.95. The van der Waals surface area contributed by atoms with Gasteiger partial charge >= 0.3 is 0 Å². The highest BCUT2D eigenvalue weighted by Gasteiger charge is 2.27. The minimum absolute atomic E-state index is 0.0458. The predicted molar refractivity (Wildman–Crippen MR) is 119 cm³/mol. The largest absolute Gasteiger partial charge is 0.418 e. The molecule has 0 radical (unpaired) electrons. The van der Waals surface area contributed by atoms with Crippen molar-refractivity contribution in [3.8, 4) is 11.7 Å². The number of nitrogens with one attached hydrogen (secondary N) is 2. The summed E-state index contributed by atoms with van der Waals surface area (Å²) in [7, 11) is 0. The zero-order chi connectivity index (χ0) is 22.6. The van der Waals surface area contributed by atoms with Gasteiger partial charge in [-0.15, -0.1) is 10.2 Å². The number of aromatic amines is 1. The first-order valence-corrected chi connectivity index (χ1v) is 11.0. The minimum Gasteiger partial charge on any atom is -0.418 e. The zero-order valence-corrected chi connectivity index (χ0v) is 17.9. The van der Waals surface area contributed by atoms with Crippen molar-refractivity contribution in [2.24, 2.45) is 0 Å². The monoisotopic (exact) mass is 445 g/mol. The van der Waals surface area contributed by atoms with E-state index in [1.54, 1.807) is 36.7 Å². The Bertz CT molecular complexity index is 1310. The number of hydrogen-bond acceptors (Lipinski definition) is 8. The van der Waals surface area contributed by atoms with Gasteiger partial charge in [-0.2, -0.15) is 0 Å². The van der Waals surface area contributed by atoms with Crippen LogP contribution in [0.5, 0.6) is 0 Å². The Morgan fingerprint density at radius 3 is 2.67 bits per heavy atom. The summed E-state index contributed by atoms with van der Waals surface area (Å²) in [6, 6.07) is 9.01. The van der Waals surface area contributed by atoms with Gasteiger partial charge in [0.15, 0.2) is 0 Å². The number of aryl methyl sites for hydroxylation is 1. The van der Waals surface area contributed by atoms with Crippen LogP contribution in [-0.4, -0.2) is 42.1 Å². The fourth-order valence-corrected chi connectivity index (χ4v) is 4.17. The number of amides is 1. The lowest BCUT2D eigenvalue weighted by Gasteiger charge is -2.27. The van der Waals surface area contributed by atoms with E-state index in [4.69, 9.17) is 4.42 Å². The van der Waals surface area contributed by atoms with Crippen molar-refractivity contribution in [3.05, 3.63) is 64.8 Å². The second-order valence-electron chi connectivity index (χ2n) is 8.16. The van der Waals surface area contributed by atoms with Gasteiger partial charge < -0.3 is 14.7 Å². The van der Waals surface area contributed by atoms with Crippen LogP contribution in [0.2, 0.25) is 0 Å². The average Bonchev–Trinajstić information content (AvgIpc) is 3.34. The molecule has 1 aromatic carbocycles. The van der Waals surface area contributed by atoms with E-state index in [1.165, 1.54) is 0 Å². The van der Waals surface area contributed by atoms with Crippen LogP contribution in [0, 0.1) is 0 Å². The first-order valence-electron chi connectivity index (χ1n) is 11.0. The highest BCUT2D eigenvalue weighted by molar-refractivity contribution is 5.78. The van der Waals surface area contributed by atoms with Crippen LogP contribution < -0.4 is 10.9 Å². The molecule has 1 amide bonds. The maximum absolute atomic E-state index is 12.5. The molecule has 1 saturated carbocycles. The molecule has 10 heteroatoms. The van der Waals surface area contributed by atoms with E-state index in [2.05, 4.69) is 35.5 Å². The summed E-state index contributed by atoms with van der Waals surface area (Å²) in [4.78, 5) is 40.1. The summed E-state index contributed by atoms with van der Waals surface area (Å²) >= 11 is 0. The molecule has 0 spiro atoms. The summed E-state index contributed by atoms with van der Waals surface area (Å²) in [6.07, 6.45) is 7.28. The molecular weight excluding hydrogens is 422 g/mol. The topological polar surface area (TPSA) is 140 Å². The molecule has 3 aromatic heterocycles. The number of benzene rings is 1. The molecular formula is C23H23N7O3.